The highest BCUT2D eigenvalue weighted by molar-refractivity contribution is 7.07. The van der Waals surface area contributed by atoms with Gasteiger partial charge >= 0.3 is 5.69 Å². The summed E-state index contributed by atoms with van der Waals surface area (Å²) in [5, 5.41) is 6.67. The Morgan fingerprint density at radius 3 is 2.71 bits per heavy atom. The largest absolute Gasteiger partial charge is 0.429 e. The van der Waals surface area contributed by atoms with Crippen molar-refractivity contribution in [3.63, 3.8) is 0 Å². The Morgan fingerprint density at radius 2 is 2.12 bits per heavy atom. The molecule has 1 heterocycles. The van der Waals surface area contributed by atoms with E-state index < -0.39 is 5.69 Å². The third-order valence-electron chi connectivity index (χ3n) is 2.68. The number of amidine groups is 1. The average Bonchev–Trinajstić information content (AvgIpc) is 2.96. The van der Waals surface area contributed by atoms with Gasteiger partial charge in [0.1, 0.15) is 12.9 Å². The highest BCUT2D eigenvalue weighted by Crippen LogP contribution is 2.26. The molecule has 0 saturated heterocycles. The fourth-order valence-electron chi connectivity index (χ4n) is 1.80. The molecule has 0 aliphatic heterocycles. The first-order valence-corrected chi connectivity index (χ1v) is 7.55. The zero-order chi connectivity index (χ0) is 17.5. The highest BCUT2D eigenvalue weighted by Gasteiger charge is 2.19. The van der Waals surface area contributed by atoms with Gasteiger partial charge in [0, 0.05) is 25.5 Å². The molecule has 1 aromatic heterocycles. The minimum atomic E-state index is -0.493. The molecule has 24 heavy (non-hydrogen) atoms. The van der Waals surface area contributed by atoms with E-state index in [2.05, 4.69) is 24.8 Å². The molecule has 10 heteroatoms. The molecule has 2 N–H and O–H groups in total. The third kappa shape index (κ3) is 4.26. The number of oxime groups is 1. The molecule has 0 aliphatic carbocycles. The molecule has 1 amide bonds. The smallest absolute Gasteiger partial charge is 0.358 e. The van der Waals surface area contributed by atoms with Crippen LogP contribution in [0.2, 0.25) is 0 Å². The summed E-state index contributed by atoms with van der Waals surface area (Å²) in [5.41, 5.74) is 0.289. The van der Waals surface area contributed by atoms with Crippen molar-refractivity contribution >= 4 is 29.0 Å². The van der Waals surface area contributed by atoms with E-state index in [1.165, 1.54) is 21.1 Å². The van der Waals surface area contributed by atoms with Crippen LogP contribution < -0.4 is 15.7 Å². The van der Waals surface area contributed by atoms with Crippen LogP contribution in [-0.4, -0.2) is 41.0 Å². The van der Waals surface area contributed by atoms with Crippen molar-refractivity contribution in [3.8, 4) is 10.9 Å². The maximum absolute atomic E-state index is 11.4. The summed E-state index contributed by atoms with van der Waals surface area (Å²) in [7, 11) is 2.89. The van der Waals surface area contributed by atoms with Crippen molar-refractivity contribution in [1.29, 1.82) is 0 Å². The fraction of sp³-hybridized carbons (Fsp3) is 0.214. The molecule has 1 aromatic carbocycles. The van der Waals surface area contributed by atoms with Gasteiger partial charge in [0.15, 0.2) is 11.5 Å². The molecule has 0 atom stereocenters. The second-order valence-corrected chi connectivity index (χ2v) is 5.12. The van der Waals surface area contributed by atoms with E-state index in [9.17, 15) is 9.59 Å². The van der Waals surface area contributed by atoms with E-state index in [0.717, 1.165) is 11.5 Å². The average molecular weight is 349 g/mol. The van der Waals surface area contributed by atoms with Crippen LogP contribution in [0.4, 0.5) is 0 Å². The Labute approximate surface area is 141 Å². The molecule has 0 saturated carbocycles. The summed E-state index contributed by atoms with van der Waals surface area (Å²) in [6, 6.07) is 6.91. The van der Waals surface area contributed by atoms with Gasteiger partial charge in [-0.2, -0.15) is 0 Å². The number of H-pyrrole nitrogens is 1. The van der Waals surface area contributed by atoms with Crippen molar-refractivity contribution in [3.05, 3.63) is 40.3 Å². The van der Waals surface area contributed by atoms with E-state index in [0.29, 0.717) is 11.3 Å². The number of carbonyl (C=O) groups excluding carboxylic acids is 1. The first-order valence-electron chi connectivity index (χ1n) is 6.73. The lowest BCUT2D eigenvalue weighted by atomic mass is 10.1. The standard InChI is InChI=1S/C14H15N5O4S/c1-8(20)16-12(15-2)11(18-22-3)9-6-4-5-7-10(9)23-14-17-13(21)19-24-14/h4-7H,1-3H3,(H,19,21)(H,15,16,20)/b18-11+. The molecule has 126 valence electrons. The van der Waals surface area contributed by atoms with Crippen LogP contribution in [0.25, 0.3) is 0 Å². The lowest BCUT2D eigenvalue weighted by Gasteiger charge is -2.12. The maximum atomic E-state index is 11.4. The number of aromatic amines is 1. The molecular formula is C14H15N5O4S. The van der Waals surface area contributed by atoms with Crippen LogP contribution in [0.5, 0.6) is 10.9 Å². The number of amides is 1. The van der Waals surface area contributed by atoms with E-state index in [1.54, 1.807) is 24.3 Å². The normalized spacial score (nSPS) is 12.0. The van der Waals surface area contributed by atoms with Gasteiger partial charge < -0.3 is 14.9 Å². The monoisotopic (exact) mass is 349 g/mol. The molecular weight excluding hydrogens is 334 g/mol. The molecule has 9 nitrogen and oxygen atoms in total. The summed E-state index contributed by atoms with van der Waals surface area (Å²) in [4.78, 5) is 35.1. The molecule has 2 aromatic rings. The van der Waals surface area contributed by atoms with E-state index in [1.807, 2.05) is 0 Å². The van der Waals surface area contributed by atoms with Crippen molar-refractivity contribution < 1.29 is 14.4 Å². The first-order chi connectivity index (χ1) is 11.5. The second kappa shape index (κ2) is 8.02. The molecule has 0 bridgehead atoms. The number of benzene rings is 1. The highest BCUT2D eigenvalue weighted by atomic mass is 32.1. The summed E-state index contributed by atoms with van der Waals surface area (Å²) in [6.07, 6.45) is 0. The fourth-order valence-corrected chi connectivity index (χ4v) is 2.28. The van der Waals surface area contributed by atoms with Crippen LogP contribution in [0, 0.1) is 0 Å². The number of aromatic nitrogens is 2. The van der Waals surface area contributed by atoms with Crippen molar-refractivity contribution in [2.75, 3.05) is 14.2 Å². The Kier molecular flexibility index (Phi) is 5.79. The SMILES string of the molecule is CN=C(NC(C)=O)/C(=N/OC)c1ccccc1Oc1nc(=O)[nH]s1. The number of hydrogen-bond donors (Lipinski definition) is 2. The molecule has 2 rings (SSSR count). The van der Waals surface area contributed by atoms with Crippen LogP contribution in [0.15, 0.2) is 39.2 Å². The number of ether oxygens (including phenoxy) is 1. The number of nitrogens with zero attached hydrogens (tertiary/aromatic N) is 3. The van der Waals surface area contributed by atoms with Crippen LogP contribution in [0.3, 0.4) is 0 Å². The number of aliphatic imine (C=N–C) groups is 1. The number of para-hydroxylation sites is 1. The molecule has 0 fully saturated rings. The minimum absolute atomic E-state index is 0.152. The summed E-state index contributed by atoms with van der Waals surface area (Å²) >= 11 is 0.961. The van der Waals surface area contributed by atoms with Gasteiger partial charge in [0.2, 0.25) is 5.91 Å². The second-order valence-electron chi connectivity index (χ2n) is 4.36. The maximum Gasteiger partial charge on any atom is 0.358 e. The van der Waals surface area contributed by atoms with Gasteiger partial charge in [-0.25, -0.2) is 4.79 Å². The molecule has 0 radical (unpaired) electrons. The topological polar surface area (TPSA) is 118 Å². The number of rotatable bonds is 5. The predicted molar refractivity (Wildman–Crippen MR) is 90.0 cm³/mol. The Morgan fingerprint density at radius 1 is 1.38 bits per heavy atom. The van der Waals surface area contributed by atoms with E-state index >= 15 is 0 Å². The van der Waals surface area contributed by atoms with Crippen LogP contribution >= 0.6 is 11.5 Å². The zero-order valence-corrected chi connectivity index (χ0v) is 14.0. The first kappa shape index (κ1) is 17.3. The molecule has 0 aliphatic rings. The Hall–Kier alpha value is -3.01. The van der Waals surface area contributed by atoms with Crippen molar-refractivity contribution in [1.82, 2.24) is 14.7 Å². The summed E-state index contributed by atoms with van der Waals surface area (Å²) < 4.78 is 8.07. The van der Waals surface area contributed by atoms with Gasteiger partial charge in [0.05, 0.1) is 5.56 Å². The third-order valence-corrected chi connectivity index (χ3v) is 3.31. The number of hydrogen-bond acceptors (Lipinski definition) is 8. The predicted octanol–water partition coefficient (Wildman–Crippen LogP) is 1.14. The van der Waals surface area contributed by atoms with E-state index in [4.69, 9.17) is 9.57 Å². The Balaban J connectivity index is 2.45. The minimum Gasteiger partial charge on any atom is -0.429 e. The van der Waals surface area contributed by atoms with Crippen LogP contribution in [-0.2, 0) is 9.63 Å². The summed E-state index contributed by atoms with van der Waals surface area (Å²) in [5.74, 6) is 0.293. The number of nitrogens with one attached hydrogen (secondary N) is 2. The Bertz CT molecular complexity index is 839. The summed E-state index contributed by atoms with van der Waals surface area (Å²) in [6.45, 7) is 1.36. The quantitative estimate of drug-likeness (QED) is 0.477. The van der Waals surface area contributed by atoms with Gasteiger partial charge in [-0.3, -0.25) is 14.2 Å². The lowest BCUT2D eigenvalue weighted by Crippen LogP contribution is -2.35. The molecule has 0 unspecified atom stereocenters. The molecule has 0 spiro atoms. The lowest BCUT2D eigenvalue weighted by molar-refractivity contribution is -0.117. The van der Waals surface area contributed by atoms with Gasteiger partial charge in [-0.15, -0.1) is 4.98 Å². The van der Waals surface area contributed by atoms with Crippen molar-refractivity contribution in [2.45, 2.75) is 6.92 Å². The zero-order valence-electron chi connectivity index (χ0n) is 13.2. The van der Waals surface area contributed by atoms with E-state index in [-0.39, 0.29) is 22.6 Å². The number of carbonyl (C=O) groups is 1. The van der Waals surface area contributed by atoms with Crippen molar-refractivity contribution in [2.24, 2.45) is 10.1 Å². The van der Waals surface area contributed by atoms with Gasteiger partial charge in [-0.1, -0.05) is 17.3 Å². The van der Waals surface area contributed by atoms with Gasteiger partial charge in [-0.05, 0) is 12.1 Å². The van der Waals surface area contributed by atoms with Gasteiger partial charge in [0.25, 0.3) is 5.19 Å². The van der Waals surface area contributed by atoms with Crippen LogP contribution in [0.1, 0.15) is 12.5 Å².